The lowest BCUT2D eigenvalue weighted by molar-refractivity contribution is -0.149. The zero-order valence-electron chi connectivity index (χ0n) is 15.7. The Morgan fingerprint density at radius 3 is 2.83 bits per heavy atom. The standard InChI is InChI=1S/C21H18FN3O4/c1-13-6-7-18-23-15(9-20(27)25(18)10-13)12-29-21(28)14-8-19(26)24(11-14)17-5-3-2-4-16(17)22/h2-7,9-10,14H,8,11-12H2,1H3/t14-/m1/s1. The van der Waals surface area contributed by atoms with Gasteiger partial charge in [-0.2, -0.15) is 0 Å². The number of aryl methyl sites for hydroxylation is 1. The molecule has 2 aromatic heterocycles. The van der Waals surface area contributed by atoms with Gasteiger partial charge in [0.25, 0.3) is 5.56 Å². The fourth-order valence-electron chi connectivity index (χ4n) is 3.36. The number of aromatic nitrogens is 2. The SMILES string of the molecule is Cc1ccc2nc(COC(=O)[C@@H]3CC(=O)N(c4ccccc4F)C3)cc(=O)n2c1. The first-order valence-electron chi connectivity index (χ1n) is 9.13. The van der Waals surface area contributed by atoms with Crippen molar-refractivity contribution < 1.29 is 18.7 Å². The molecular weight excluding hydrogens is 377 g/mol. The Morgan fingerprint density at radius 1 is 1.24 bits per heavy atom. The summed E-state index contributed by atoms with van der Waals surface area (Å²) in [5, 5.41) is 0. The molecule has 3 aromatic rings. The molecule has 1 saturated heterocycles. The Morgan fingerprint density at radius 2 is 2.03 bits per heavy atom. The van der Waals surface area contributed by atoms with Crippen molar-refractivity contribution in [1.29, 1.82) is 0 Å². The fourth-order valence-corrected chi connectivity index (χ4v) is 3.36. The average Bonchev–Trinajstić information content (AvgIpc) is 3.08. The molecular formula is C21H18FN3O4. The molecule has 0 N–H and O–H groups in total. The second kappa shape index (κ2) is 7.46. The number of esters is 1. The lowest BCUT2D eigenvalue weighted by Crippen LogP contribution is -2.27. The van der Waals surface area contributed by atoms with E-state index in [9.17, 15) is 18.8 Å². The normalized spacial score (nSPS) is 16.4. The van der Waals surface area contributed by atoms with E-state index in [1.54, 1.807) is 18.3 Å². The molecule has 7 nitrogen and oxygen atoms in total. The quantitative estimate of drug-likeness (QED) is 0.633. The molecule has 0 saturated carbocycles. The Labute approximate surface area is 165 Å². The van der Waals surface area contributed by atoms with Crippen molar-refractivity contribution in [3.63, 3.8) is 0 Å². The monoisotopic (exact) mass is 395 g/mol. The molecule has 8 heteroatoms. The highest BCUT2D eigenvalue weighted by atomic mass is 19.1. The summed E-state index contributed by atoms with van der Waals surface area (Å²) < 4.78 is 20.7. The number of carbonyl (C=O) groups excluding carboxylic acids is 2. The van der Waals surface area contributed by atoms with Crippen molar-refractivity contribution in [2.45, 2.75) is 20.0 Å². The van der Waals surface area contributed by atoms with E-state index in [2.05, 4.69) is 4.98 Å². The van der Waals surface area contributed by atoms with Gasteiger partial charge >= 0.3 is 5.97 Å². The smallest absolute Gasteiger partial charge is 0.311 e. The van der Waals surface area contributed by atoms with Gasteiger partial charge in [0.05, 0.1) is 17.3 Å². The van der Waals surface area contributed by atoms with Crippen LogP contribution in [0.15, 0.2) is 53.5 Å². The molecule has 0 bridgehead atoms. The lowest BCUT2D eigenvalue weighted by Gasteiger charge is -2.17. The zero-order valence-corrected chi connectivity index (χ0v) is 15.7. The van der Waals surface area contributed by atoms with Crippen molar-refractivity contribution in [3.05, 3.63) is 76.1 Å². The number of hydrogen-bond acceptors (Lipinski definition) is 5. The molecule has 1 aliphatic rings. The van der Waals surface area contributed by atoms with E-state index in [1.165, 1.54) is 33.6 Å². The largest absolute Gasteiger partial charge is 0.459 e. The second-order valence-corrected chi connectivity index (χ2v) is 6.98. The summed E-state index contributed by atoms with van der Waals surface area (Å²) in [5.74, 6) is -2.14. The van der Waals surface area contributed by atoms with Crippen molar-refractivity contribution in [2.75, 3.05) is 11.4 Å². The Kier molecular flexibility index (Phi) is 4.84. The molecule has 1 aromatic carbocycles. The van der Waals surface area contributed by atoms with Crippen LogP contribution < -0.4 is 10.5 Å². The number of pyridine rings is 1. The van der Waals surface area contributed by atoms with E-state index >= 15 is 0 Å². The van der Waals surface area contributed by atoms with Crippen molar-refractivity contribution in [2.24, 2.45) is 5.92 Å². The third kappa shape index (κ3) is 3.73. The predicted octanol–water partition coefficient (Wildman–Crippen LogP) is 2.24. The number of carbonyl (C=O) groups is 2. The van der Waals surface area contributed by atoms with Gasteiger partial charge in [-0.1, -0.05) is 18.2 Å². The van der Waals surface area contributed by atoms with E-state index < -0.39 is 17.7 Å². The number of amides is 1. The number of rotatable bonds is 4. The van der Waals surface area contributed by atoms with E-state index in [-0.39, 0.29) is 36.7 Å². The van der Waals surface area contributed by atoms with Crippen LogP contribution in [-0.4, -0.2) is 27.8 Å². The summed E-state index contributed by atoms with van der Waals surface area (Å²) in [7, 11) is 0. The van der Waals surface area contributed by atoms with Crippen LogP contribution in [0, 0.1) is 18.7 Å². The molecule has 1 atom stereocenters. The van der Waals surface area contributed by atoms with Crippen molar-refractivity contribution in [1.82, 2.24) is 9.38 Å². The topological polar surface area (TPSA) is 81.0 Å². The lowest BCUT2D eigenvalue weighted by atomic mass is 10.1. The summed E-state index contributed by atoms with van der Waals surface area (Å²) in [6, 6.07) is 10.8. The zero-order chi connectivity index (χ0) is 20.5. The third-order valence-electron chi connectivity index (χ3n) is 4.82. The Hall–Kier alpha value is -3.55. The highest BCUT2D eigenvalue weighted by Gasteiger charge is 2.37. The van der Waals surface area contributed by atoms with E-state index in [0.717, 1.165) is 5.56 Å². The molecule has 1 aliphatic heterocycles. The maximum absolute atomic E-state index is 14.0. The average molecular weight is 395 g/mol. The molecule has 1 fully saturated rings. The van der Waals surface area contributed by atoms with Crippen LogP contribution in [0.3, 0.4) is 0 Å². The van der Waals surface area contributed by atoms with Gasteiger partial charge in [0.1, 0.15) is 18.1 Å². The molecule has 0 unspecified atom stereocenters. The van der Waals surface area contributed by atoms with Gasteiger partial charge in [0, 0.05) is 25.2 Å². The molecule has 0 aliphatic carbocycles. The summed E-state index contributed by atoms with van der Waals surface area (Å²) >= 11 is 0. The Balaban J connectivity index is 1.45. The molecule has 148 valence electrons. The van der Waals surface area contributed by atoms with Gasteiger partial charge in [-0.05, 0) is 30.7 Å². The maximum atomic E-state index is 14.0. The first-order chi connectivity index (χ1) is 13.9. The highest BCUT2D eigenvalue weighted by Crippen LogP contribution is 2.28. The Bertz CT molecular complexity index is 1170. The third-order valence-corrected chi connectivity index (χ3v) is 4.82. The number of nitrogens with zero attached hydrogens (tertiary/aromatic N) is 3. The molecule has 4 rings (SSSR count). The van der Waals surface area contributed by atoms with Crippen LogP contribution in [0.4, 0.5) is 10.1 Å². The first kappa shape index (κ1) is 18.8. The number of ether oxygens (including phenoxy) is 1. The summed E-state index contributed by atoms with van der Waals surface area (Å²) in [6.07, 6.45) is 1.63. The van der Waals surface area contributed by atoms with Crippen molar-refractivity contribution >= 4 is 23.2 Å². The van der Waals surface area contributed by atoms with Gasteiger partial charge in [-0.25, -0.2) is 9.37 Å². The maximum Gasteiger partial charge on any atom is 0.311 e. The molecule has 29 heavy (non-hydrogen) atoms. The molecule has 0 radical (unpaired) electrons. The predicted molar refractivity (Wildman–Crippen MR) is 103 cm³/mol. The van der Waals surface area contributed by atoms with E-state index in [1.807, 2.05) is 13.0 Å². The highest BCUT2D eigenvalue weighted by molar-refractivity contribution is 5.99. The van der Waals surface area contributed by atoms with Gasteiger partial charge < -0.3 is 9.64 Å². The number of benzene rings is 1. The molecule has 0 spiro atoms. The van der Waals surface area contributed by atoms with Crippen LogP contribution in [0.1, 0.15) is 17.7 Å². The minimum Gasteiger partial charge on any atom is -0.459 e. The second-order valence-electron chi connectivity index (χ2n) is 6.98. The van der Waals surface area contributed by atoms with Crippen LogP contribution in [-0.2, 0) is 20.9 Å². The van der Waals surface area contributed by atoms with Crippen LogP contribution in [0.25, 0.3) is 5.65 Å². The number of fused-ring (bicyclic) bond motifs is 1. The first-order valence-corrected chi connectivity index (χ1v) is 9.13. The molecule has 1 amide bonds. The van der Waals surface area contributed by atoms with Crippen LogP contribution in [0.5, 0.6) is 0 Å². The van der Waals surface area contributed by atoms with Gasteiger partial charge in [-0.3, -0.25) is 18.8 Å². The van der Waals surface area contributed by atoms with E-state index in [0.29, 0.717) is 11.3 Å². The van der Waals surface area contributed by atoms with Crippen LogP contribution >= 0.6 is 0 Å². The summed E-state index contributed by atoms with van der Waals surface area (Å²) in [5.41, 5.74) is 1.57. The number of halogens is 1. The van der Waals surface area contributed by atoms with Crippen molar-refractivity contribution in [3.8, 4) is 0 Å². The van der Waals surface area contributed by atoms with Gasteiger partial charge in [0.15, 0.2) is 0 Å². The minimum absolute atomic E-state index is 0.0473. The van der Waals surface area contributed by atoms with Gasteiger partial charge in [-0.15, -0.1) is 0 Å². The van der Waals surface area contributed by atoms with E-state index in [4.69, 9.17) is 4.74 Å². The van der Waals surface area contributed by atoms with Crippen LogP contribution in [0.2, 0.25) is 0 Å². The summed E-state index contributed by atoms with van der Waals surface area (Å²) in [4.78, 5) is 42.4. The molecule has 3 heterocycles. The fraction of sp³-hybridized carbons (Fsp3) is 0.238. The summed E-state index contributed by atoms with van der Waals surface area (Å²) in [6.45, 7) is 1.74. The number of anilines is 1. The number of para-hydroxylation sites is 1. The minimum atomic E-state index is -0.702. The van der Waals surface area contributed by atoms with Gasteiger partial charge in [0.2, 0.25) is 5.91 Å². The number of hydrogen-bond donors (Lipinski definition) is 0.